The lowest BCUT2D eigenvalue weighted by atomic mass is 9.43. The highest BCUT2D eigenvalue weighted by atomic mass is 16.1. The molecule has 0 atom stereocenters. The highest BCUT2D eigenvalue weighted by Crippen LogP contribution is 2.64. The molecule has 0 unspecified atom stereocenters. The number of Topliss-reactive ketones (excluding diaryl/α,β-unsaturated/α-hetero) is 1. The van der Waals surface area contributed by atoms with Crippen molar-refractivity contribution < 1.29 is 4.79 Å². The van der Waals surface area contributed by atoms with E-state index in [-0.39, 0.29) is 10.8 Å². The van der Waals surface area contributed by atoms with Crippen molar-refractivity contribution in [3.63, 3.8) is 0 Å². The smallest absolute Gasteiger partial charge is 0.145 e. The SMILES string of the molecule is CCCCC1CC[C@]2(CC1)C[C@@]1(CCC(CCCC)CC1)C2=O. The average Bonchev–Trinajstić information content (AvgIpc) is 2.60. The first-order valence-electron chi connectivity index (χ1n) is 10.7. The molecule has 1 nitrogen and oxygen atoms in total. The molecule has 0 aromatic heterocycles. The van der Waals surface area contributed by atoms with Crippen molar-refractivity contribution in [3.05, 3.63) is 0 Å². The molecule has 3 aliphatic carbocycles. The second-order valence-corrected chi connectivity index (χ2v) is 9.24. The zero-order valence-corrected chi connectivity index (χ0v) is 15.7. The Balaban J connectivity index is 1.47. The third-order valence-electron chi connectivity index (χ3n) is 7.70. The van der Waals surface area contributed by atoms with Gasteiger partial charge in [-0.2, -0.15) is 0 Å². The Bertz CT molecular complexity index is 358. The van der Waals surface area contributed by atoms with E-state index >= 15 is 0 Å². The van der Waals surface area contributed by atoms with Crippen molar-refractivity contribution in [1.29, 1.82) is 0 Å². The van der Waals surface area contributed by atoms with Gasteiger partial charge in [-0.3, -0.25) is 4.79 Å². The maximum absolute atomic E-state index is 13.2. The van der Waals surface area contributed by atoms with E-state index < -0.39 is 0 Å². The molecule has 3 rings (SSSR count). The van der Waals surface area contributed by atoms with Crippen LogP contribution in [0.15, 0.2) is 0 Å². The summed E-state index contributed by atoms with van der Waals surface area (Å²) in [4.78, 5) is 13.2. The fourth-order valence-electron chi connectivity index (χ4n) is 6.10. The van der Waals surface area contributed by atoms with Gasteiger partial charge < -0.3 is 0 Å². The van der Waals surface area contributed by atoms with Crippen LogP contribution >= 0.6 is 0 Å². The van der Waals surface area contributed by atoms with Crippen LogP contribution in [0.5, 0.6) is 0 Å². The zero-order chi connectivity index (χ0) is 16.3. The van der Waals surface area contributed by atoms with Crippen molar-refractivity contribution >= 4 is 5.78 Å². The standard InChI is InChI=1S/C22H38O/c1-3-5-7-18-9-13-21(14-10-18)17-22(20(21)23)15-11-19(12-16-22)8-6-4-2/h18-19H,3-17H2,1-2H3/t18?,19?,21-,22-. The van der Waals surface area contributed by atoms with Gasteiger partial charge in [0, 0.05) is 10.8 Å². The molecule has 0 aliphatic heterocycles. The zero-order valence-electron chi connectivity index (χ0n) is 15.7. The quantitative estimate of drug-likeness (QED) is 0.533. The molecule has 2 spiro atoms. The van der Waals surface area contributed by atoms with Gasteiger partial charge in [0.25, 0.3) is 0 Å². The van der Waals surface area contributed by atoms with Crippen LogP contribution in [0, 0.1) is 22.7 Å². The van der Waals surface area contributed by atoms with E-state index in [4.69, 9.17) is 0 Å². The first-order chi connectivity index (χ1) is 11.1. The maximum atomic E-state index is 13.2. The molecule has 3 fully saturated rings. The van der Waals surface area contributed by atoms with Crippen LogP contribution in [0.3, 0.4) is 0 Å². The summed E-state index contributed by atoms with van der Waals surface area (Å²) in [6, 6.07) is 0. The predicted molar refractivity (Wildman–Crippen MR) is 97.5 cm³/mol. The number of carbonyl (C=O) groups excluding carboxylic acids is 1. The fourth-order valence-corrected chi connectivity index (χ4v) is 6.10. The Hall–Kier alpha value is -0.330. The first kappa shape index (κ1) is 17.5. The second-order valence-electron chi connectivity index (χ2n) is 9.24. The van der Waals surface area contributed by atoms with E-state index in [0.29, 0.717) is 5.78 Å². The van der Waals surface area contributed by atoms with E-state index in [1.54, 1.807) is 0 Å². The summed E-state index contributed by atoms with van der Waals surface area (Å²) in [7, 11) is 0. The third-order valence-corrected chi connectivity index (χ3v) is 7.70. The van der Waals surface area contributed by atoms with E-state index in [0.717, 1.165) is 11.8 Å². The Morgan fingerprint density at radius 1 is 0.783 bits per heavy atom. The monoisotopic (exact) mass is 318 g/mol. The lowest BCUT2D eigenvalue weighted by Gasteiger charge is -2.59. The van der Waals surface area contributed by atoms with Gasteiger partial charge in [0.2, 0.25) is 0 Å². The van der Waals surface area contributed by atoms with Gasteiger partial charge in [-0.05, 0) is 69.6 Å². The summed E-state index contributed by atoms with van der Waals surface area (Å²) in [5.41, 5.74) is 0.304. The van der Waals surface area contributed by atoms with Crippen molar-refractivity contribution in [3.8, 4) is 0 Å². The minimum Gasteiger partial charge on any atom is -0.298 e. The molecule has 3 aliphatic rings. The summed E-state index contributed by atoms with van der Waals surface area (Å²) >= 11 is 0. The molecule has 1 heteroatoms. The van der Waals surface area contributed by atoms with Crippen LogP contribution in [0.2, 0.25) is 0 Å². The lowest BCUT2D eigenvalue weighted by Crippen LogP contribution is -2.59. The van der Waals surface area contributed by atoms with Crippen LogP contribution in [0.4, 0.5) is 0 Å². The Labute approximate surface area is 144 Å². The number of unbranched alkanes of at least 4 members (excludes halogenated alkanes) is 2. The molecule has 0 saturated heterocycles. The van der Waals surface area contributed by atoms with Gasteiger partial charge in [-0.25, -0.2) is 0 Å². The molecule has 3 saturated carbocycles. The Kier molecular flexibility index (Phi) is 5.53. The third kappa shape index (κ3) is 3.40. The summed E-state index contributed by atoms with van der Waals surface area (Å²) < 4.78 is 0. The van der Waals surface area contributed by atoms with Crippen LogP contribution in [0.1, 0.15) is 110 Å². The van der Waals surface area contributed by atoms with Gasteiger partial charge in [-0.15, -0.1) is 0 Å². The van der Waals surface area contributed by atoms with Gasteiger partial charge >= 0.3 is 0 Å². The van der Waals surface area contributed by atoms with Gasteiger partial charge in [0.05, 0.1) is 0 Å². The minimum absolute atomic E-state index is 0.152. The fraction of sp³-hybridized carbons (Fsp3) is 0.955. The molecule has 0 bridgehead atoms. The summed E-state index contributed by atoms with van der Waals surface area (Å²) in [6.45, 7) is 4.58. The Morgan fingerprint density at radius 3 is 1.48 bits per heavy atom. The van der Waals surface area contributed by atoms with E-state index in [9.17, 15) is 4.79 Å². The molecular weight excluding hydrogens is 280 g/mol. The summed E-state index contributed by atoms with van der Waals surface area (Å²) in [6.07, 6.45) is 19.7. The molecule has 0 aromatic carbocycles. The van der Waals surface area contributed by atoms with Crippen molar-refractivity contribution in [2.75, 3.05) is 0 Å². The normalized spacial score (nSPS) is 40.5. The molecule has 0 radical (unpaired) electrons. The largest absolute Gasteiger partial charge is 0.298 e. The summed E-state index contributed by atoms with van der Waals surface area (Å²) in [5, 5.41) is 0. The predicted octanol–water partition coefficient (Wildman–Crippen LogP) is 6.69. The number of carbonyl (C=O) groups is 1. The van der Waals surface area contributed by atoms with E-state index in [1.165, 1.54) is 96.3 Å². The minimum atomic E-state index is 0.152. The van der Waals surface area contributed by atoms with Gasteiger partial charge in [-0.1, -0.05) is 52.4 Å². The van der Waals surface area contributed by atoms with Crippen LogP contribution in [-0.2, 0) is 4.79 Å². The highest BCUT2D eigenvalue weighted by Gasteiger charge is 2.62. The average molecular weight is 319 g/mol. The van der Waals surface area contributed by atoms with Crippen molar-refractivity contribution in [2.45, 2.75) is 110 Å². The van der Waals surface area contributed by atoms with Crippen molar-refractivity contribution in [1.82, 2.24) is 0 Å². The number of hydrogen-bond donors (Lipinski definition) is 0. The number of ketones is 1. The van der Waals surface area contributed by atoms with Crippen LogP contribution in [0.25, 0.3) is 0 Å². The highest BCUT2D eigenvalue weighted by molar-refractivity contribution is 5.96. The molecule has 0 N–H and O–H groups in total. The lowest BCUT2D eigenvalue weighted by molar-refractivity contribution is -0.169. The summed E-state index contributed by atoms with van der Waals surface area (Å²) in [5.74, 6) is 2.57. The first-order valence-corrected chi connectivity index (χ1v) is 10.7. The second kappa shape index (κ2) is 7.28. The topological polar surface area (TPSA) is 17.1 Å². The van der Waals surface area contributed by atoms with Crippen LogP contribution in [-0.4, -0.2) is 5.78 Å². The molecule has 0 aromatic rings. The number of hydrogen-bond acceptors (Lipinski definition) is 1. The van der Waals surface area contributed by atoms with E-state index in [1.807, 2.05) is 0 Å². The van der Waals surface area contributed by atoms with Gasteiger partial charge in [0.15, 0.2) is 0 Å². The Morgan fingerprint density at radius 2 is 1.17 bits per heavy atom. The number of rotatable bonds is 6. The molecular formula is C22H38O. The van der Waals surface area contributed by atoms with Crippen molar-refractivity contribution in [2.24, 2.45) is 22.7 Å². The molecule has 0 heterocycles. The van der Waals surface area contributed by atoms with Gasteiger partial charge in [0.1, 0.15) is 5.78 Å². The van der Waals surface area contributed by atoms with E-state index in [2.05, 4.69) is 13.8 Å². The molecule has 23 heavy (non-hydrogen) atoms. The maximum Gasteiger partial charge on any atom is 0.145 e. The molecule has 132 valence electrons. The molecule has 0 amide bonds. The van der Waals surface area contributed by atoms with Crippen LogP contribution < -0.4 is 0 Å².